The Bertz CT molecular complexity index is 582. The molecule has 2 saturated heterocycles. The van der Waals surface area contributed by atoms with E-state index in [1.54, 1.807) is 19.1 Å². The summed E-state index contributed by atoms with van der Waals surface area (Å²) in [7, 11) is 0. The van der Waals surface area contributed by atoms with E-state index in [0.29, 0.717) is 30.3 Å². The highest BCUT2D eigenvalue weighted by atomic mass is 19.1. The maximum atomic E-state index is 13.8. The molecule has 1 aromatic carbocycles. The molecule has 24 heavy (non-hydrogen) atoms. The largest absolute Gasteiger partial charge is 0.480 e. The third kappa shape index (κ3) is 3.77. The molecule has 6 heteroatoms. The van der Waals surface area contributed by atoms with Crippen molar-refractivity contribution in [3.8, 4) is 0 Å². The number of aliphatic carboxylic acids is 1. The lowest BCUT2D eigenvalue weighted by atomic mass is 10.0. The van der Waals surface area contributed by atoms with Gasteiger partial charge in [-0.3, -0.25) is 14.6 Å². The normalized spacial score (nSPS) is 22.4. The predicted molar refractivity (Wildman–Crippen MR) is 88.5 cm³/mol. The lowest BCUT2D eigenvalue weighted by molar-refractivity contribution is -0.144. The Balaban J connectivity index is 1.67. The second kappa shape index (κ2) is 7.59. The van der Waals surface area contributed by atoms with Crippen molar-refractivity contribution in [2.75, 3.05) is 39.4 Å². The van der Waals surface area contributed by atoms with E-state index in [-0.39, 0.29) is 5.82 Å². The number of ether oxygens (including phenoxy) is 1. The third-order valence-corrected chi connectivity index (χ3v) is 5.17. The van der Waals surface area contributed by atoms with Gasteiger partial charge in [-0.05, 0) is 37.0 Å². The van der Waals surface area contributed by atoms with Crippen LogP contribution in [0.1, 0.15) is 30.0 Å². The second-order valence-corrected chi connectivity index (χ2v) is 6.66. The van der Waals surface area contributed by atoms with E-state index in [2.05, 4.69) is 4.90 Å². The molecule has 1 aromatic rings. The topological polar surface area (TPSA) is 53.0 Å². The average Bonchev–Trinajstić information content (AvgIpc) is 2.59. The van der Waals surface area contributed by atoms with Crippen LogP contribution in [0.2, 0.25) is 0 Å². The quantitative estimate of drug-likeness (QED) is 0.912. The van der Waals surface area contributed by atoms with Crippen LogP contribution in [0, 0.1) is 12.7 Å². The molecule has 5 nitrogen and oxygen atoms in total. The van der Waals surface area contributed by atoms with E-state index < -0.39 is 12.0 Å². The Labute approximate surface area is 142 Å². The van der Waals surface area contributed by atoms with E-state index in [9.17, 15) is 14.3 Å². The summed E-state index contributed by atoms with van der Waals surface area (Å²) < 4.78 is 19.3. The maximum absolute atomic E-state index is 13.8. The van der Waals surface area contributed by atoms with Crippen molar-refractivity contribution in [2.45, 2.75) is 31.8 Å². The van der Waals surface area contributed by atoms with Gasteiger partial charge in [0.2, 0.25) is 0 Å². The summed E-state index contributed by atoms with van der Waals surface area (Å²) in [5.74, 6) is -1.27. The highest BCUT2D eigenvalue weighted by Crippen LogP contribution is 2.26. The van der Waals surface area contributed by atoms with Gasteiger partial charge in [0.05, 0.1) is 0 Å². The molecule has 1 unspecified atom stereocenters. The smallest absolute Gasteiger partial charge is 0.325 e. The van der Waals surface area contributed by atoms with E-state index >= 15 is 0 Å². The number of carboxylic acids is 1. The van der Waals surface area contributed by atoms with Gasteiger partial charge >= 0.3 is 5.97 Å². The van der Waals surface area contributed by atoms with Crippen molar-refractivity contribution in [3.63, 3.8) is 0 Å². The second-order valence-electron chi connectivity index (χ2n) is 6.66. The van der Waals surface area contributed by atoms with E-state index in [1.165, 1.54) is 6.07 Å². The Kier molecular flexibility index (Phi) is 5.48. The fraction of sp³-hybridized carbons (Fsp3) is 0.611. The molecule has 2 heterocycles. The summed E-state index contributed by atoms with van der Waals surface area (Å²) in [6, 6.07) is 4.50. The number of aryl methyl sites for hydroxylation is 1. The van der Waals surface area contributed by atoms with Gasteiger partial charge in [0.15, 0.2) is 0 Å². The first-order valence-corrected chi connectivity index (χ1v) is 8.61. The minimum absolute atomic E-state index is 0.348. The number of carboxylic acid groups (broad SMARTS) is 1. The highest BCUT2D eigenvalue weighted by molar-refractivity contribution is 5.75. The molecule has 0 radical (unpaired) electrons. The van der Waals surface area contributed by atoms with Gasteiger partial charge in [-0.15, -0.1) is 0 Å². The molecule has 2 fully saturated rings. The maximum Gasteiger partial charge on any atom is 0.325 e. The summed E-state index contributed by atoms with van der Waals surface area (Å²) in [4.78, 5) is 16.2. The summed E-state index contributed by atoms with van der Waals surface area (Å²) in [5.41, 5.74) is 1.05. The Morgan fingerprint density at radius 1 is 1.25 bits per heavy atom. The molecule has 0 bridgehead atoms. The van der Waals surface area contributed by atoms with Crippen LogP contribution in [-0.4, -0.2) is 66.3 Å². The molecule has 0 spiro atoms. The van der Waals surface area contributed by atoms with Crippen LogP contribution in [-0.2, 0) is 9.53 Å². The number of benzene rings is 1. The van der Waals surface area contributed by atoms with Gasteiger partial charge in [0.1, 0.15) is 11.9 Å². The molecule has 1 atom stereocenters. The van der Waals surface area contributed by atoms with Gasteiger partial charge < -0.3 is 9.84 Å². The average molecular weight is 336 g/mol. The van der Waals surface area contributed by atoms with Crippen LogP contribution in [0.15, 0.2) is 18.2 Å². The SMILES string of the molecule is Cc1ccc(C(C(=O)O)N2CCN(C3CCOCC3)CC2)cc1F. The number of piperazine rings is 1. The first kappa shape index (κ1) is 17.3. The van der Waals surface area contributed by atoms with Crippen molar-refractivity contribution >= 4 is 5.97 Å². The fourth-order valence-electron chi connectivity index (χ4n) is 3.70. The van der Waals surface area contributed by atoms with Crippen LogP contribution >= 0.6 is 0 Å². The molecule has 0 saturated carbocycles. The number of rotatable bonds is 4. The fourth-order valence-corrected chi connectivity index (χ4v) is 3.70. The molecule has 0 aliphatic carbocycles. The standard InChI is InChI=1S/C18H25FN2O3/c1-13-2-3-14(12-16(13)19)17(18(22)23)21-8-6-20(7-9-21)15-4-10-24-11-5-15/h2-3,12,15,17H,4-11H2,1H3,(H,22,23). The van der Waals surface area contributed by atoms with Gasteiger partial charge in [-0.2, -0.15) is 0 Å². The summed E-state index contributed by atoms with van der Waals surface area (Å²) >= 11 is 0. The molecular weight excluding hydrogens is 311 g/mol. The Hall–Kier alpha value is -1.50. The third-order valence-electron chi connectivity index (χ3n) is 5.17. The Morgan fingerprint density at radius 3 is 2.50 bits per heavy atom. The number of halogens is 1. The molecular formula is C18H25FN2O3. The number of hydrogen-bond donors (Lipinski definition) is 1. The zero-order valence-electron chi connectivity index (χ0n) is 14.1. The number of hydrogen-bond acceptors (Lipinski definition) is 4. The number of carbonyl (C=O) groups is 1. The van der Waals surface area contributed by atoms with E-state index in [0.717, 1.165) is 39.1 Å². The minimum Gasteiger partial charge on any atom is -0.480 e. The van der Waals surface area contributed by atoms with Crippen molar-refractivity contribution in [2.24, 2.45) is 0 Å². The molecule has 1 N–H and O–H groups in total. The van der Waals surface area contributed by atoms with Crippen molar-refractivity contribution < 1.29 is 19.0 Å². The minimum atomic E-state index is -0.919. The monoisotopic (exact) mass is 336 g/mol. The zero-order chi connectivity index (χ0) is 17.1. The van der Waals surface area contributed by atoms with E-state index in [4.69, 9.17) is 4.74 Å². The molecule has 2 aliphatic rings. The molecule has 132 valence electrons. The lowest BCUT2D eigenvalue weighted by Crippen LogP contribution is -2.53. The lowest BCUT2D eigenvalue weighted by Gasteiger charge is -2.42. The van der Waals surface area contributed by atoms with Crippen molar-refractivity contribution in [1.29, 1.82) is 0 Å². The molecule has 3 rings (SSSR count). The highest BCUT2D eigenvalue weighted by Gasteiger charge is 2.32. The van der Waals surface area contributed by atoms with E-state index in [1.807, 2.05) is 4.90 Å². The van der Waals surface area contributed by atoms with Crippen molar-refractivity contribution in [3.05, 3.63) is 35.1 Å². The van der Waals surface area contributed by atoms with Crippen LogP contribution in [0.3, 0.4) is 0 Å². The van der Waals surface area contributed by atoms with Gasteiger partial charge in [-0.25, -0.2) is 4.39 Å². The van der Waals surface area contributed by atoms with Gasteiger partial charge in [0.25, 0.3) is 0 Å². The Morgan fingerprint density at radius 2 is 1.92 bits per heavy atom. The summed E-state index contributed by atoms with van der Waals surface area (Å²) in [6.45, 7) is 6.37. The van der Waals surface area contributed by atoms with Crippen LogP contribution < -0.4 is 0 Å². The van der Waals surface area contributed by atoms with Crippen molar-refractivity contribution in [1.82, 2.24) is 9.80 Å². The molecule has 0 amide bonds. The first-order chi connectivity index (χ1) is 11.6. The van der Waals surface area contributed by atoms with Crippen LogP contribution in [0.25, 0.3) is 0 Å². The van der Waals surface area contributed by atoms with Gasteiger partial charge in [-0.1, -0.05) is 12.1 Å². The molecule has 2 aliphatic heterocycles. The summed E-state index contributed by atoms with van der Waals surface area (Å²) in [5, 5.41) is 9.66. The predicted octanol–water partition coefficient (Wildman–Crippen LogP) is 2.06. The summed E-state index contributed by atoms with van der Waals surface area (Å²) in [6.07, 6.45) is 2.09. The van der Waals surface area contributed by atoms with Crippen LogP contribution in [0.4, 0.5) is 4.39 Å². The molecule has 0 aromatic heterocycles. The van der Waals surface area contributed by atoms with Gasteiger partial charge in [0, 0.05) is 45.4 Å². The number of nitrogens with zero attached hydrogens (tertiary/aromatic N) is 2. The van der Waals surface area contributed by atoms with Crippen LogP contribution in [0.5, 0.6) is 0 Å². The zero-order valence-corrected chi connectivity index (χ0v) is 14.1. The first-order valence-electron chi connectivity index (χ1n) is 8.61.